The van der Waals surface area contributed by atoms with Crippen LogP contribution in [0, 0.1) is 5.41 Å². The highest BCUT2D eigenvalue weighted by atomic mass is 127. The average molecular weight is 509 g/mol. The lowest BCUT2D eigenvalue weighted by molar-refractivity contribution is 0.297. The highest BCUT2D eigenvalue weighted by molar-refractivity contribution is 14.0. The summed E-state index contributed by atoms with van der Waals surface area (Å²) in [4.78, 5) is 4.62. The van der Waals surface area contributed by atoms with Crippen LogP contribution in [0.3, 0.4) is 0 Å². The van der Waals surface area contributed by atoms with Crippen molar-refractivity contribution in [3.63, 3.8) is 0 Å². The lowest BCUT2D eigenvalue weighted by Gasteiger charge is -2.16. The van der Waals surface area contributed by atoms with Crippen molar-refractivity contribution < 1.29 is 17.9 Å². The molecule has 0 bridgehead atoms. The third kappa shape index (κ3) is 6.70. The minimum atomic E-state index is -2.99. The molecule has 0 saturated heterocycles. The number of halogens is 1. The minimum absolute atomic E-state index is 0. The SMILES string of the molecule is CCNC(=NCC1(CS(C)(=O)=O)CC1)Nc1ccc2c(c1)OCCCO2.I. The Labute approximate surface area is 178 Å². The number of hydrogen-bond donors (Lipinski definition) is 2. The van der Waals surface area contributed by atoms with Crippen LogP contribution in [0.15, 0.2) is 23.2 Å². The van der Waals surface area contributed by atoms with Gasteiger partial charge in [-0.15, -0.1) is 24.0 Å². The molecule has 0 radical (unpaired) electrons. The van der Waals surface area contributed by atoms with E-state index in [4.69, 9.17) is 9.47 Å². The van der Waals surface area contributed by atoms with Crippen molar-refractivity contribution >= 4 is 45.5 Å². The summed E-state index contributed by atoms with van der Waals surface area (Å²) in [5, 5.41) is 6.47. The third-order valence-corrected chi connectivity index (χ3v) is 5.59. The second-order valence-electron chi connectivity index (χ2n) is 7.10. The number of ether oxygens (including phenoxy) is 2. The van der Waals surface area contributed by atoms with Gasteiger partial charge in [-0.25, -0.2) is 8.42 Å². The van der Waals surface area contributed by atoms with Crippen LogP contribution >= 0.6 is 24.0 Å². The molecule has 1 heterocycles. The molecular weight excluding hydrogens is 481 g/mol. The largest absolute Gasteiger partial charge is 0.490 e. The van der Waals surface area contributed by atoms with Crippen LogP contribution in [0.1, 0.15) is 26.2 Å². The maximum atomic E-state index is 11.6. The highest BCUT2D eigenvalue weighted by Gasteiger charge is 2.45. The van der Waals surface area contributed by atoms with Crippen LogP contribution in [0.25, 0.3) is 0 Å². The first-order valence-corrected chi connectivity index (χ1v) is 11.1. The van der Waals surface area contributed by atoms with Crippen LogP contribution < -0.4 is 20.1 Å². The molecule has 1 saturated carbocycles. The zero-order valence-corrected chi connectivity index (χ0v) is 18.9. The van der Waals surface area contributed by atoms with Gasteiger partial charge in [0.15, 0.2) is 17.5 Å². The second-order valence-corrected chi connectivity index (χ2v) is 9.24. The molecule has 0 amide bonds. The van der Waals surface area contributed by atoms with E-state index in [1.807, 2.05) is 25.1 Å². The molecule has 152 valence electrons. The van der Waals surface area contributed by atoms with E-state index in [-0.39, 0.29) is 35.1 Å². The Balaban J connectivity index is 0.00000261. The van der Waals surface area contributed by atoms with E-state index >= 15 is 0 Å². The topological polar surface area (TPSA) is 89.0 Å². The van der Waals surface area contributed by atoms with Crippen LogP contribution in [0.2, 0.25) is 0 Å². The van der Waals surface area contributed by atoms with Gasteiger partial charge in [-0.1, -0.05) is 0 Å². The Kier molecular flexibility index (Phi) is 7.61. The average Bonchev–Trinajstić information content (AvgIpc) is 3.35. The first-order chi connectivity index (χ1) is 12.4. The summed E-state index contributed by atoms with van der Waals surface area (Å²) < 4.78 is 34.6. The molecule has 3 rings (SSSR count). The fourth-order valence-electron chi connectivity index (χ4n) is 3.01. The van der Waals surface area contributed by atoms with E-state index in [9.17, 15) is 8.42 Å². The standard InChI is InChI=1S/C18H27N3O4S.HI/c1-3-19-17(20-12-18(7-8-18)13-26(2,22)23)21-14-5-6-15-16(11-14)25-10-4-9-24-15;/h5-6,11H,3-4,7-10,12-13H2,1-2H3,(H2,19,20,21);1H. The Hall–Kier alpha value is -1.23. The molecule has 1 aromatic carbocycles. The smallest absolute Gasteiger partial charge is 0.195 e. The number of guanidine groups is 1. The number of rotatable bonds is 6. The van der Waals surface area contributed by atoms with Crippen LogP contribution in [0.4, 0.5) is 5.69 Å². The van der Waals surface area contributed by atoms with Gasteiger partial charge in [-0.05, 0) is 31.9 Å². The van der Waals surface area contributed by atoms with Crippen LogP contribution in [-0.2, 0) is 9.84 Å². The monoisotopic (exact) mass is 509 g/mol. The molecule has 0 unspecified atom stereocenters. The number of anilines is 1. The predicted octanol–water partition coefficient (Wildman–Crippen LogP) is 2.67. The summed E-state index contributed by atoms with van der Waals surface area (Å²) in [6.07, 6.45) is 3.97. The van der Waals surface area contributed by atoms with Gasteiger partial charge in [0.2, 0.25) is 0 Å². The highest BCUT2D eigenvalue weighted by Crippen LogP contribution is 2.46. The number of benzene rings is 1. The van der Waals surface area contributed by atoms with Gasteiger partial charge in [0.05, 0.1) is 19.0 Å². The van der Waals surface area contributed by atoms with Gasteiger partial charge < -0.3 is 20.1 Å². The second kappa shape index (κ2) is 9.31. The molecule has 0 spiro atoms. The molecule has 7 nitrogen and oxygen atoms in total. The number of sulfone groups is 1. The van der Waals surface area contributed by atoms with E-state index in [1.165, 1.54) is 6.26 Å². The van der Waals surface area contributed by atoms with Crippen LogP contribution in [0.5, 0.6) is 11.5 Å². The van der Waals surface area contributed by atoms with Gasteiger partial charge >= 0.3 is 0 Å². The Morgan fingerprint density at radius 1 is 1.22 bits per heavy atom. The number of fused-ring (bicyclic) bond motifs is 1. The summed E-state index contributed by atoms with van der Waals surface area (Å²) in [7, 11) is -2.99. The Bertz CT molecular complexity index is 779. The van der Waals surface area contributed by atoms with Gasteiger partial charge in [0, 0.05) is 42.9 Å². The van der Waals surface area contributed by atoms with Crippen molar-refractivity contribution in [3.8, 4) is 11.5 Å². The number of nitrogens with zero attached hydrogens (tertiary/aromatic N) is 1. The van der Waals surface area contributed by atoms with Crippen molar-refractivity contribution in [3.05, 3.63) is 18.2 Å². The predicted molar refractivity (Wildman–Crippen MR) is 118 cm³/mol. The number of nitrogens with one attached hydrogen (secondary N) is 2. The Morgan fingerprint density at radius 3 is 2.56 bits per heavy atom. The maximum Gasteiger partial charge on any atom is 0.195 e. The van der Waals surface area contributed by atoms with Crippen molar-refractivity contribution in [2.24, 2.45) is 10.4 Å². The summed E-state index contributed by atoms with van der Waals surface area (Å²) in [6, 6.07) is 5.71. The van der Waals surface area contributed by atoms with Crippen molar-refractivity contribution in [1.29, 1.82) is 0 Å². The fourth-order valence-corrected chi connectivity index (χ4v) is 4.50. The van der Waals surface area contributed by atoms with E-state index in [0.29, 0.717) is 25.7 Å². The normalized spacial score (nSPS) is 18.1. The lowest BCUT2D eigenvalue weighted by atomic mass is 10.1. The quantitative estimate of drug-likeness (QED) is 0.348. The molecule has 0 aromatic heterocycles. The number of hydrogen-bond acceptors (Lipinski definition) is 5. The summed E-state index contributed by atoms with van der Waals surface area (Å²) in [5.74, 6) is 2.31. The van der Waals surface area contributed by atoms with Gasteiger partial charge in [0.1, 0.15) is 9.84 Å². The minimum Gasteiger partial charge on any atom is -0.490 e. The molecule has 0 atom stereocenters. The van der Waals surface area contributed by atoms with E-state index in [0.717, 1.165) is 43.0 Å². The molecule has 1 aromatic rings. The first kappa shape index (κ1) is 22.1. The molecule has 1 fully saturated rings. The lowest BCUT2D eigenvalue weighted by Crippen LogP contribution is -2.32. The molecule has 2 aliphatic rings. The zero-order valence-electron chi connectivity index (χ0n) is 15.8. The fraction of sp³-hybridized carbons (Fsp3) is 0.611. The van der Waals surface area contributed by atoms with Gasteiger partial charge in [-0.2, -0.15) is 0 Å². The van der Waals surface area contributed by atoms with E-state index in [1.54, 1.807) is 0 Å². The van der Waals surface area contributed by atoms with Crippen LogP contribution in [-0.4, -0.2) is 52.7 Å². The first-order valence-electron chi connectivity index (χ1n) is 9.02. The van der Waals surface area contributed by atoms with Crippen molar-refractivity contribution in [1.82, 2.24) is 5.32 Å². The summed E-state index contributed by atoms with van der Waals surface area (Å²) >= 11 is 0. The van der Waals surface area contributed by atoms with Crippen molar-refractivity contribution in [2.75, 3.05) is 43.6 Å². The molecule has 27 heavy (non-hydrogen) atoms. The van der Waals surface area contributed by atoms with Gasteiger partial charge in [0.25, 0.3) is 0 Å². The Morgan fingerprint density at radius 2 is 1.93 bits per heavy atom. The molecular formula is C18H28IN3O4S. The number of aliphatic imine (C=N–C) groups is 1. The van der Waals surface area contributed by atoms with Gasteiger partial charge in [-0.3, -0.25) is 4.99 Å². The van der Waals surface area contributed by atoms with E-state index < -0.39 is 9.84 Å². The summed E-state index contributed by atoms with van der Waals surface area (Å²) in [5.41, 5.74) is 0.655. The molecule has 1 aliphatic carbocycles. The zero-order chi connectivity index (χ0) is 18.6. The maximum absolute atomic E-state index is 11.6. The van der Waals surface area contributed by atoms with Crippen molar-refractivity contribution in [2.45, 2.75) is 26.2 Å². The molecule has 9 heteroatoms. The van der Waals surface area contributed by atoms with E-state index in [2.05, 4.69) is 15.6 Å². The molecule has 2 N–H and O–H groups in total. The molecule has 1 aliphatic heterocycles. The summed E-state index contributed by atoms with van der Waals surface area (Å²) in [6.45, 7) is 4.51. The third-order valence-electron chi connectivity index (χ3n) is 4.45.